The fourth-order valence-electron chi connectivity index (χ4n) is 1.48. The highest BCUT2D eigenvalue weighted by atomic mass is 16.5. The maximum Gasteiger partial charge on any atom is 0.0663 e. The van der Waals surface area contributed by atoms with Crippen LogP contribution in [0.2, 0.25) is 0 Å². The molecule has 94 valence electrons. The van der Waals surface area contributed by atoms with E-state index in [1.54, 1.807) is 0 Å². The third kappa shape index (κ3) is 8.76. The summed E-state index contributed by atoms with van der Waals surface area (Å²) in [5, 5.41) is 0. The maximum absolute atomic E-state index is 5.78. The minimum absolute atomic E-state index is 0.0695. The summed E-state index contributed by atoms with van der Waals surface area (Å²) >= 11 is 0. The molecular formula is C14H27NO. The molecule has 2 nitrogen and oxygen atoms in total. The Balaban J connectivity index is 3.83. The average molecular weight is 225 g/mol. The number of rotatable bonds is 5. The van der Waals surface area contributed by atoms with Crippen LogP contribution in [0.3, 0.4) is 0 Å². The average Bonchev–Trinajstić information content (AvgIpc) is 2.15. The molecule has 0 fully saturated rings. The lowest BCUT2D eigenvalue weighted by atomic mass is 10.1. The Morgan fingerprint density at radius 2 is 1.69 bits per heavy atom. The molecule has 0 bridgehead atoms. The molecule has 0 saturated heterocycles. The van der Waals surface area contributed by atoms with Crippen LogP contribution in [0.4, 0.5) is 0 Å². The van der Waals surface area contributed by atoms with Gasteiger partial charge in [0.2, 0.25) is 0 Å². The third-order valence-electron chi connectivity index (χ3n) is 2.27. The molecule has 0 saturated carbocycles. The molecule has 0 aromatic carbocycles. The van der Waals surface area contributed by atoms with Crippen LogP contribution in [0.5, 0.6) is 0 Å². The van der Waals surface area contributed by atoms with Gasteiger partial charge in [0.25, 0.3) is 0 Å². The molecule has 1 atom stereocenters. The van der Waals surface area contributed by atoms with Gasteiger partial charge in [-0.1, -0.05) is 25.7 Å². The highest BCUT2D eigenvalue weighted by Gasteiger charge is 2.13. The molecule has 0 aliphatic rings. The molecule has 0 aliphatic heterocycles. The quantitative estimate of drug-likeness (QED) is 0.667. The molecule has 0 aromatic rings. The van der Waals surface area contributed by atoms with E-state index in [1.807, 2.05) is 0 Å². The van der Waals surface area contributed by atoms with Gasteiger partial charge in [0.15, 0.2) is 0 Å². The Hall–Kier alpha value is -0.520. The van der Waals surface area contributed by atoms with Crippen molar-refractivity contribution in [3.05, 3.63) is 0 Å². The van der Waals surface area contributed by atoms with Crippen molar-refractivity contribution in [1.82, 2.24) is 4.90 Å². The van der Waals surface area contributed by atoms with E-state index in [0.717, 1.165) is 26.1 Å². The monoisotopic (exact) mass is 225 g/mol. The Morgan fingerprint density at radius 3 is 2.12 bits per heavy atom. The van der Waals surface area contributed by atoms with E-state index in [1.165, 1.54) is 0 Å². The van der Waals surface area contributed by atoms with E-state index < -0.39 is 0 Å². The van der Waals surface area contributed by atoms with Gasteiger partial charge in [-0.2, -0.15) is 0 Å². The Bertz CT molecular complexity index is 227. The molecule has 0 radical (unpaired) electrons. The summed E-state index contributed by atoms with van der Waals surface area (Å²) in [6.07, 6.45) is 1.03. The predicted molar refractivity (Wildman–Crippen MR) is 70.5 cm³/mol. The molecule has 0 spiro atoms. The molecule has 0 heterocycles. The zero-order valence-electron chi connectivity index (χ0n) is 11.8. The summed E-state index contributed by atoms with van der Waals surface area (Å²) in [5.74, 6) is 6.39. The summed E-state index contributed by atoms with van der Waals surface area (Å²) in [5.41, 5.74) is -0.0695. The Morgan fingerprint density at radius 1 is 1.12 bits per heavy atom. The molecule has 0 aliphatic carbocycles. The van der Waals surface area contributed by atoms with E-state index in [2.05, 4.69) is 58.3 Å². The van der Waals surface area contributed by atoms with Crippen molar-refractivity contribution >= 4 is 0 Å². The van der Waals surface area contributed by atoms with Gasteiger partial charge in [-0.25, -0.2) is 0 Å². The van der Waals surface area contributed by atoms with E-state index in [0.29, 0.717) is 0 Å². The highest BCUT2D eigenvalue weighted by molar-refractivity contribution is 5.02. The van der Waals surface area contributed by atoms with E-state index in [4.69, 9.17) is 4.74 Å². The van der Waals surface area contributed by atoms with Gasteiger partial charge in [-0.05, 0) is 40.8 Å². The van der Waals surface area contributed by atoms with Gasteiger partial charge in [0.05, 0.1) is 18.2 Å². The molecule has 0 aromatic heterocycles. The van der Waals surface area contributed by atoms with E-state index >= 15 is 0 Å². The molecule has 0 N–H and O–H groups in total. The molecular weight excluding hydrogens is 198 g/mol. The Kier molecular flexibility index (Phi) is 7.45. The van der Waals surface area contributed by atoms with Gasteiger partial charge < -0.3 is 4.74 Å². The Labute approximate surface area is 101 Å². The van der Waals surface area contributed by atoms with Crippen molar-refractivity contribution in [2.75, 3.05) is 19.6 Å². The molecule has 0 unspecified atom stereocenters. The van der Waals surface area contributed by atoms with Crippen molar-refractivity contribution in [2.45, 2.75) is 59.7 Å². The molecule has 0 rings (SSSR count). The van der Waals surface area contributed by atoms with Crippen LogP contribution >= 0.6 is 0 Å². The normalized spacial score (nSPS) is 13.4. The van der Waals surface area contributed by atoms with Crippen molar-refractivity contribution in [1.29, 1.82) is 0 Å². The first-order valence-electron chi connectivity index (χ1n) is 6.25. The number of hydrogen-bond acceptors (Lipinski definition) is 2. The van der Waals surface area contributed by atoms with Gasteiger partial charge in [-0.15, -0.1) is 0 Å². The molecule has 16 heavy (non-hydrogen) atoms. The van der Waals surface area contributed by atoms with E-state index in [-0.39, 0.29) is 11.7 Å². The highest BCUT2D eigenvalue weighted by Crippen LogP contribution is 2.11. The van der Waals surface area contributed by atoms with Crippen molar-refractivity contribution in [3.8, 4) is 11.8 Å². The van der Waals surface area contributed by atoms with Crippen molar-refractivity contribution < 1.29 is 4.74 Å². The van der Waals surface area contributed by atoms with Gasteiger partial charge >= 0.3 is 0 Å². The summed E-state index contributed by atoms with van der Waals surface area (Å²) in [4.78, 5) is 2.31. The van der Waals surface area contributed by atoms with Crippen LogP contribution in [0, 0.1) is 11.8 Å². The number of hydrogen-bond donors (Lipinski definition) is 0. The van der Waals surface area contributed by atoms with Crippen LogP contribution < -0.4 is 0 Å². The topological polar surface area (TPSA) is 12.5 Å². The second-order valence-electron chi connectivity index (χ2n) is 5.06. The van der Waals surface area contributed by atoms with E-state index in [9.17, 15) is 0 Å². The maximum atomic E-state index is 5.78. The lowest BCUT2D eigenvalue weighted by Gasteiger charge is -2.23. The second-order valence-corrected chi connectivity index (χ2v) is 5.06. The third-order valence-corrected chi connectivity index (χ3v) is 2.27. The summed E-state index contributed by atoms with van der Waals surface area (Å²) in [6.45, 7) is 15.6. The van der Waals surface area contributed by atoms with Crippen molar-refractivity contribution in [3.63, 3.8) is 0 Å². The summed E-state index contributed by atoms with van der Waals surface area (Å²) in [6, 6.07) is 0. The summed E-state index contributed by atoms with van der Waals surface area (Å²) < 4.78 is 5.78. The van der Waals surface area contributed by atoms with Crippen LogP contribution in [0.1, 0.15) is 48.0 Å². The van der Waals surface area contributed by atoms with Crippen LogP contribution in [-0.4, -0.2) is 36.2 Å². The first-order valence-corrected chi connectivity index (χ1v) is 6.25. The van der Waals surface area contributed by atoms with Crippen molar-refractivity contribution in [2.24, 2.45) is 0 Å². The fourth-order valence-corrected chi connectivity index (χ4v) is 1.48. The first kappa shape index (κ1) is 15.5. The second kappa shape index (κ2) is 7.70. The fraction of sp³-hybridized carbons (Fsp3) is 0.857. The first-order chi connectivity index (χ1) is 7.39. The van der Waals surface area contributed by atoms with Gasteiger partial charge in [-0.3, -0.25) is 4.90 Å². The molecule has 2 heteroatoms. The van der Waals surface area contributed by atoms with Crippen LogP contribution in [0.15, 0.2) is 0 Å². The van der Waals surface area contributed by atoms with Crippen LogP contribution in [-0.2, 0) is 4.74 Å². The summed E-state index contributed by atoms with van der Waals surface area (Å²) in [7, 11) is 0. The lowest BCUT2D eigenvalue weighted by molar-refractivity contribution is -0.0485. The molecule has 0 amide bonds. The smallest absolute Gasteiger partial charge is 0.0663 e. The van der Waals surface area contributed by atoms with Crippen LogP contribution in [0.25, 0.3) is 0 Å². The largest absolute Gasteiger partial charge is 0.372 e. The number of nitrogens with zero attached hydrogens (tertiary/aromatic N) is 1. The standard InChI is InChI=1S/C14H27NO/c1-7-15(8-2)12-10-9-11-13(3)16-14(4,5)6/h13H,7-8,11-12H2,1-6H3/t13-/m0/s1. The SMILES string of the molecule is CCN(CC)CC#CC[C@H](C)OC(C)(C)C. The lowest BCUT2D eigenvalue weighted by Crippen LogP contribution is -2.25. The van der Waals surface area contributed by atoms with Gasteiger partial charge in [0, 0.05) is 6.42 Å². The zero-order valence-corrected chi connectivity index (χ0v) is 11.8. The minimum atomic E-state index is -0.0695. The minimum Gasteiger partial charge on any atom is -0.372 e. The zero-order chi connectivity index (χ0) is 12.6. The van der Waals surface area contributed by atoms with Gasteiger partial charge in [0.1, 0.15) is 0 Å². The number of ether oxygens (including phenoxy) is 1. The predicted octanol–water partition coefficient (Wildman–Crippen LogP) is 2.93.